The van der Waals surface area contributed by atoms with Gasteiger partial charge in [-0.15, -0.1) is 11.3 Å². The van der Waals surface area contributed by atoms with Crippen LogP contribution in [0, 0.1) is 0 Å². The maximum Gasteiger partial charge on any atom is 0.131 e. The molecule has 0 aliphatic heterocycles. The Morgan fingerprint density at radius 3 is 2.86 bits per heavy atom. The van der Waals surface area contributed by atoms with E-state index in [1.807, 2.05) is 23.6 Å². The number of aryl methyl sites for hydroxylation is 1. The van der Waals surface area contributed by atoms with E-state index in [0.717, 1.165) is 41.3 Å². The van der Waals surface area contributed by atoms with Crippen molar-refractivity contribution in [3.8, 4) is 5.75 Å². The highest BCUT2D eigenvalue weighted by atomic mass is 35.5. The number of hydrogen-bond acceptors (Lipinski definition) is 4. The molecule has 0 aliphatic carbocycles. The van der Waals surface area contributed by atoms with E-state index in [1.54, 1.807) is 11.3 Å². The summed E-state index contributed by atoms with van der Waals surface area (Å²) in [6.45, 7) is 4.66. The zero-order chi connectivity index (χ0) is 15.2. The van der Waals surface area contributed by atoms with Crippen molar-refractivity contribution in [2.45, 2.75) is 45.8 Å². The molecule has 114 valence electrons. The fourth-order valence-electron chi connectivity index (χ4n) is 2.00. The molecular weight excluding hydrogens is 304 g/mol. The van der Waals surface area contributed by atoms with Crippen molar-refractivity contribution in [1.82, 2.24) is 4.98 Å². The number of halogens is 1. The lowest BCUT2D eigenvalue weighted by Gasteiger charge is -2.14. The second-order valence-corrected chi connectivity index (χ2v) is 6.38. The van der Waals surface area contributed by atoms with Crippen LogP contribution in [0.5, 0.6) is 5.75 Å². The molecule has 1 atom stereocenters. The molecule has 0 spiro atoms. The van der Waals surface area contributed by atoms with E-state index in [-0.39, 0.29) is 6.04 Å². The van der Waals surface area contributed by atoms with Crippen LogP contribution in [0.3, 0.4) is 0 Å². The Bertz CT molecular complexity index is 585. The van der Waals surface area contributed by atoms with Crippen LogP contribution in [-0.4, -0.2) is 11.0 Å². The highest BCUT2D eigenvalue weighted by molar-refractivity contribution is 7.09. The number of hydrogen-bond donors (Lipinski definition) is 1. The van der Waals surface area contributed by atoms with Gasteiger partial charge in [-0.3, -0.25) is 0 Å². The molecule has 1 heterocycles. The van der Waals surface area contributed by atoms with Gasteiger partial charge in [-0.05, 0) is 43.0 Å². The Morgan fingerprint density at radius 1 is 1.38 bits per heavy atom. The van der Waals surface area contributed by atoms with E-state index in [4.69, 9.17) is 22.1 Å². The normalized spacial score (nSPS) is 12.4. The van der Waals surface area contributed by atoms with Crippen LogP contribution < -0.4 is 10.5 Å². The van der Waals surface area contributed by atoms with Crippen molar-refractivity contribution in [2.75, 3.05) is 0 Å². The third kappa shape index (κ3) is 4.70. The van der Waals surface area contributed by atoms with E-state index in [9.17, 15) is 0 Å². The third-order valence-electron chi connectivity index (χ3n) is 3.31. The van der Waals surface area contributed by atoms with Gasteiger partial charge < -0.3 is 10.5 Å². The third-order valence-corrected chi connectivity index (χ3v) is 4.58. The first-order chi connectivity index (χ1) is 10.1. The summed E-state index contributed by atoms with van der Waals surface area (Å²) in [5.41, 5.74) is 8.07. The average Bonchev–Trinajstić information content (AvgIpc) is 2.94. The van der Waals surface area contributed by atoms with Crippen molar-refractivity contribution >= 4 is 22.9 Å². The van der Waals surface area contributed by atoms with Crippen LogP contribution in [0.4, 0.5) is 0 Å². The lowest BCUT2D eigenvalue weighted by Crippen LogP contribution is -2.21. The van der Waals surface area contributed by atoms with Gasteiger partial charge in [0.2, 0.25) is 0 Å². The van der Waals surface area contributed by atoms with Crippen molar-refractivity contribution in [1.29, 1.82) is 0 Å². The highest BCUT2D eigenvalue weighted by Crippen LogP contribution is 2.25. The summed E-state index contributed by atoms with van der Waals surface area (Å²) in [6, 6.07) is 5.81. The molecule has 1 aromatic carbocycles. The molecule has 0 saturated heterocycles. The number of nitrogens with two attached hydrogens (primary N) is 1. The van der Waals surface area contributed by atoms with Crippen LogP contribution in [0.25, 0.3) is 0 Å². The SMILES string of the molecule is CCc1nc(COc2ccc(Cl)cc2CC(N)CC)cs1. The van der Waals surface area contributed by atoms with Gasteiger partial charge in [0.25, 0.3) is 0 Å². The molecule has 5 heteroatoms. The van der Waals surface area contributed by atoms with Gasteiger partial charge >= 0.3 is 0 Å². The number of rotatable bonds is 7. The smallest absolute Gasteiger partial charge is 0.131 e. The van der Waals surface area contributed by atoms with Gasteiger partial charge in [-0.25, -0.2) is 4.98 Å². The Hall–Kier alpha value is -1.10. The minimum Gasteiger partial charge on any atom is -0.487 e. The molecule has 0 aliphatic rings. The Balaban J connectivity index is 2.07. The molecule has 0 radical (unpaired) electrons. The average molecular weight is 325 g/mol. The Kier molecular flexibility index (Phi) is 6.03. The van der Waals surface area contributed by atoms with E-state index in [2.05, 4.69) is 18.8 Å². The molecule has 2 N–H and O–H groups in total. The fourth-order valence-corrected chi connectivity index (χ4v) is 2.93. The molecule has 3 nitrogen and oxygen atoms in total. The van der Waals surface area contributed by atoms with Gasteiger partial charge in [0.1, 0.15) is 12.4 Å². The molecule has 0 amide bonds. The molecule has 0 fully saturated rings. The van der Waals surface area contributed by atoms with Crippen LogP contribution >= 0.6 is 22.9 Å². The van der Waals surface area contributed by atoms with E-state index < -0.39 is 0 Å². The quantitative estimate of drug-likeness (QED) is 0.829. The zero-order valence-electron chi connectivity index (χ0n) is 12.4. The van der Waals surface area contributed by atoms with Crippen LogP contribution in [0.1, 0.15) is 36.5 Å². The molecule has 1 unspecified atom stereocenters. The summed E-state index contributed by atoms with van der Waals surface area (Å²) >= 11 is 7.75. The number of aromatic nitrogens is 1. The molecular formula is C16H21ClN2OS. The van der Waals surface area contributed by atoms with Gasteiger partial charge in [0.05, 0.1) is 10.7 Å². The molecule has 0 bridgehead atoms. The number of thiazole rings is 1. The molecule has 2 rings (SSSR count). The van der Waals surface area contributed by atoms with Crippen LogP contribution in [0.2, 0.25) is 5.02 Å². The van der Waals surface area contributed by atoms with E-state index >= 15 is 0 Å². The standard InChI is InChI=1S/C16H21ClN2OS/c1-3-13(18)8-11-7-12(17)5-6-15(11)20-9-14-10-21-16(4-2)19-14/h5-7,10,13H,3-4,8-9,18H2,1-2H3. The van der Waals surface area contributed by atoms with Crippen LogP contribution in [0.15, 0.2) is 23.6 Å². The summed E-state index contributed by atoms with van der Waals surface area (Å²) < 4.78 is 5.91. The first kappa shape index (κ1) is 16.3. The van der Waals surface area contributed by atoms with Crippen LogP contribution in [-0.2, 0) is 19.4 Å². The van der Waals surface area contributed by atoms with Crippen molar-refractivity contribution in [2.24, 2.45) is 5.73 Å². The first-order valence-electron chi connectivity index (χ1n) is 7.22. The minimum atomic E-state index is 0.122. The second kappa shape index (κ2) is 7.78. The lowest BCUT2D eigenvalue weighted by atomic mass is 10.0. The largest absolute Gasteiger partial charge is 0.487 e. The monoisotopic (exact) mass is 324 g/mol. The summed E-state index contributed by atoms with van der Waals surface area (Å²) in [5.74, 6) is 0.842. The van der Waals surface area contributed by atoms with E-state index in [1.165, 1.54) is 0 Å². The highest BCUT2D eigenvalue weighted by Gasteiger charge is 2.10. The summed E-state index contributed by atoms with van der Waals surface area (Å²) in [5, 5.41) is 3.90. The van der Waals surface area contributed by atoms with Gasteiger partial charge in [0, 0.05) is 16.4 Å². The summed E-state index contributed by atoms with van der Waals surface area (Å²) in [7, 11) is 0. The zero-order valence-corrected chi connectivity index (χ0v) is 14.0. The van der Waals surface area contributed by atoms with Gasteiger partial charge in [0.15, 0.2) is 0 Å². The Morgan fingerprint density at radius 2 is 2.19 bits per heavy atom. The van der Waals surface area contributed by atoms with Crippen molar-refractivity contribution in [3.05, 3.63) is 44.9 Å². The second-order valence-electron chi connectivity index (χ2n) is 5.00. The first-order valence-corrected chi connectivity index (χ1v) is 8.48. The van der Waals surface area contributed by atoms with Crippen molar-refractivity contribution < 1.29 is 4.74 Å². The minimum absolute atomic E-state index is 0.122. The Labute approximate surface area is 135 Å². The predicted molar refractivity (Wildman–Crippen MR) is 89.2 cm³/mol. The molecule has 0 saturated carbocycles. The molecule has 1 aromatic heterocycles. The number of benzene rings is 1. The molecule has 21 heavy (non-hydrogen) atoms. The van der Waals surface area contributed by atoms with Gasteiger partial charge in [-0.2, -0.15) is 0 Å². The maximum atomic E-state index is 6.08. The number of ether oxygens (including phenoxy) is 1. The van der Waals surface area contributed by atoms with Gasteiger partial charge in [-0.1, -0.05) is 25.4 Å². The topological polar surface area (TPSA) is 48.1 Å². The fraction of sp³-hybridized carbons (Fsp3) is 0.438. The lowest BCUT2D eigenvalue weighted by molar-refractivity contribution is 0.298. The maximum absolute atomic E-state index is 6.08. The van der Waals surface area contributed by atoms with E-state index in [0.29, 0.717) is 11.6 Å². The summed E-state index contributed by atoms with van der Waals surface area (Å²) in [4.78, 5) is 4.51. The summed E-state index contributed by atoms with van der Waals surface area (Å²) in [6.07, 6.45) is 2.66. The predicted octanol–water partition coefficient (Wildman–Crippen LogP) is 4.22. The van der Waals surface area contributed by atoms with Crippen molar-refractivity contribution in [3.63, 3.8) is 0 Å². The molecule has 2 aromatic rings. The number of nitrogens with zero attached hydrogens (tertiary/aromatic N) is 1.